The lowest BCUT2D eigenvalue weighted by Crippen LogP contribution is -2.14. The number of Topliss-reactive ketones (excluding diaryl/α,β-unsaturated/α-hetero) is 1. The number of rotatable bonds is 1. The van der Waals surface area contributed by atoms with Gasteiger partial charge in [0.25, 0.3) is 0 Å². The van der Waals surface area contributed by atoms with Crippen molar-refractivity contribution >= 4 is 28.9 Å². The average Bonchev–Trinajstić information content (AvgIpc) is 2.88. The number of nitrogens with one attached hydrogen (secondary N) is 1. The monoisotopic (exact) mass is 409 g/mol. The molecule has 0 saturated heterocycles. The van der Waals surface area contributed by atoms with Crippen LogP contribution in [-0.4, -0.2) is 5.78 Å². The highest BCUT2D eigenvalue weighted by molar-refractivity contribution is 8.00. The van der Waals surface area contributed by atoms with E-state index < -0.39 is 17.0 Å². The van der Waals surface area contributed by atoms with Gasteiger partial charge in [0.1, 0.15) is 0 Å². The van der Waals surface area contributed by atoms with Gasteiger partial charge in [-0.1, -0.05) is 54.6 Å². The molecule has 0 fully saturated rings. The van der Waals surface area contributed by atoms with Crippen LogP contribution < -0.4 is 5.32 Å². The maximum absolute atomic E-state index is 13.8. The van der Waals surface area contributed by atoms with Gasteiger partial charge in [-0.3, -0.25) is 4.79 Å². The number of fused-ring (bicyclic) bond motifs is 3. The Bertz CT molecular complexity index is 1180. The first kappa shape index (κ1) is 18.1. The fourth-order valence-corrected chi connectivity index (χ4v) is 5.22. The number of halogens is 3. The predicted octanol–water partition coefficient (Wildman–Crippen LogP) is 6.57. The van der Waals surface area contributed by atoms with E-state index >= 15 is 0 Å². The summed E-state index contributed by atoms with van der Waals surface area (Å²) in [5.41, 5.74) is 2.35. The molecule has 0 unspecified atom stereocenters. The van der Waals surface area contributed by atoms with Crippen molar-refractivity contribution in [3.63, 3.8) is 0 Å². The average molecular weight is 409 g/mol. The van der Waals surface area contributed by atoms with Crippen molar-refractivity contribution < 1.29 is 18.0 Å². The molecule has 1 N–H and O–H groups in total. The van der Waals surface area contributed by atoms with Gasteiger partial charge in [-0.05, 0) is 23.8 Å². The zero-order valence-corrected chi connectivity index (χ0v) is 15.8. The molecule has 0 bridgehead atoms. The summed E-state index contributed by atoms with van der Waals surface area (Å²) in [6.07, 6.45) is -4.51. The SMILES string of the molecule is O=C1C2=C(Nc3ccccc3S[C@H]2c2ccccc2C(F)(F)F)c2ccccc21. The summed E-state index contributed by atoms with van der Waals surface area (Å²) in [6, 6.07) is 20.1. The van der Waals surface area contributed by atoms with Crippen LogP contribution in [0, 0.1) is 0 Å². The molecule has 2 nitrogen and oxygen atoms in total. The van der Waals surface area contributed by atoms with Crippen molar-refractivity contribution in [2.75, 3.05) is 5.32 Å². The van der Waals surface area contributed by atoms with E-state index in [0.717, 1.165) is 22.2 Å². The van der Waals surface area contributed by atoms with Gasteiger partial charge in [0.15, 0.2) is 5.78 Å². The van der Waals surface area contributed by atoms with Crippen LogP contribution in [0.5, 0.6) is 0 Å². The molecule has 3 aromatic carbocycles. The molecule has 2 aliphatic rings. The number of thioether (sulfide) groups is 1. The summed E-state index contributed by atoms with van der Waals surface area (Å²) in [4.78, 5) is 14.1. The Labute approximate surface area is 169 Å². The first-order valence-corrected chi connectivity index (χ1v) is 9.90. The Kier molecular flexibility index (Phi) is 4.06. The van der Waals surface area contributed by atoms with Crippen molar-refractivity contribution in [2.45, 2.75) is 16.3 Å². The molecule has 144 valence electrons. The molecule has 0 radical (unpaired) electrons. The first-order valence-electron chi connectivity index (χ1n) is 9.02. The van der Waals surface area contributed by atoms with Crippen molar-refractivity contribution in [3.8, 4) is 0 Å². The third kappa shape index (κ3) is 2.86. The van der Waals surface area contributed by atoms with E-state index in [1.165, 1.54) is 23.9 Å². The van der Waals surface area contributed by atoms with E-state index in [9.17, 15) is 18.0 Å². The number of carbonyl (C=O) groups excluding carboxylic acids is 1. The summed E-state index contributed by atoms with van der Waals surface area (Å²) in [6.45, 7) is 0. The molecule has 0 spiro atoms. The van der Waals surface area contributed by atoms with Gasteiger partial charge in [-0.2, -0.15) is 13.2 Å². The highest BCUT2D eigenvalue weighted by Gasteiger charge is 2.42. The highest BCUT2D eigenvalue weighted by atomic mass is 32.2. The number of anilines is 1. The molecule has 0 amide bonds. The van der Waals surface area contributed by atoms with Crippen LogP contribution in [0.4, 0.5) is 18.9 Å². The van der Waals surface area contributed by atoms with Crippen LogP contribution >= 0.6 is 11.8 Å². The molecule has 3 aromatic rings. The lowest BCUT2D eigenvalue weighted by Gasteiger charge is -2.21. The van der Waals surface area contributed by atoms with Crippen LogP contribution in [0.15, 0.2) is 83.3 Å². The fourth-order valence-electron chi connectivity index (χ4n) is 3.88. The summed E-state index contributed by atoms with van der Waals surface area (Å²) in [5.74, 6) is -0.231. The summed E-state index contributed by atoms with van der Waals surface area (Å²) in [7, 11) is 0. The van der Waals surface area contributed by atoms with Gasteiger partial charge in [-0.15, -0.1) is 11.8 Å². The molecule has 1 aliphatic carbocycles. The second kappa shape index (κ2) is 6.52. The molecular formula is C23H14F3NOS. The topological polar surface area (TPSA) is 29.1 Å². The van der Waals surface area contributed by atoms with E-state index in [1.807, 2.05) is 36.4 Å². The Balaban J connectivity index is 1.78. The maximum atomic E-state index is 13.8. The fraction of sp³-hybridized carbons (Fsp3) is 0.0870. The Hall–Kier alpha value is -2.99. The van der Waals surface area contributed by atoms with Crippen molar-refractivity contribution in [3.05, 3.63) is 101 Å². The second-order valence-electron chi connectivity index (χ2n) is 6.87. The Morgan fingerprint density at radius 1 is 0.828 bits per heavy atom. The van der Waals surface area contributed by atoms with Crippen molar-refractivity contribution in [1.82, 2.24) is 0 Å². The predicted molar refractivity (Wildman–Crippen MR) is 108 cm³/mol. The number of benzene rings is 3. The first-order chi connectivity index (χ1) is 13.9. The third-order valence-electron chi connectivity index (χ3n) is 5.16. The molecule has 1 heterocycles. The minimum atomic E-state index is -4.51. The number of hydrogen-bond acceptors (Lipinski definition) is 3. The summed E-state index contributed by atoms with van der Waals surface area (Å²) >= 11 is 1.27. The number of carbonyl (C=O) groups is 1. The maximum Gasteiger partial charge on any atom is 0.416 e. The molecule has 5 rings (SSSR count). The number of ketones is 1. The van der Waals surface area contributed by atoms with Gasteiger partial charge in [0, 0.05) is 21.6 Å². The highest BCUT2D eigenvalue weighted by Crippen LogP contribution is 2.54. The number of para-hydroxylation sites is 1. The smallest absolute Gasteiger partial charge is 0.354 e. The quantitative estimate of drug-likeness (QED) is 0.493. The standard InChI is InChI=1S/C23H14F3NOS/c24-23(25,26)16-10-4-3-9-15(16)22-19-20(13-7-1-2-8-14(13)21(19)28)27-17-11-5-6-12-18(17)29-22/h1-12,22,27H/t22-/m0/s1. The Morgan fingerprint density at radius 3 is 2.28 bits per heavy atom. The van der Waals surface area contributed by atoms with Crippen LogP contribution in [-0.2, 0) is 6.18 Å². The van der Waals surface area contributed by atoms with Crippen LogP contribution in [0.25, 0.3) is 5.70 Å². The largest absolute Gasteiger partial charge is 0.416 e. The Morgan fingerprint density at radius 2 is 1.48 bits per heavy atom. The van der Waals surface area contributed by atoms with Crippen LogP contribution in [0.2, 0.25) is 0 Å². The molecule has 6 heteroatoms. The minimum absolute atomic E-state index is 0.0946. The minimum Gasteiger partial charge on any atom is -0.354 e. The molecule has 1 aliphatic heterocycles. The molecule has 0 saturated carbocycles. The number of alkyl halides is 3. The van der Waals surface area contributed by atoms with Crippen molar-refractivity contribution in [2.24, 2.45) is 0 Å². The van der Waals surface area contributed by atoms with E-state index in [4.69, 9.17) is 0 Å². The van der Waals surface area contributed by atoms with E-state index in [0.29, 0.717) is 16.8 Å². The normalized spacial score (nSPS) is 17.9. The summed E-state index contributed by atoms with van der Waals surface area (Å²) in [5, 5.41) is 2.54. The van der Waals surface area contributed by atoms with Crippen LogP contribution in [0.1, 0.15) is 32.3 Å². The lowest BCUT2D eigenvalue weighted by molar-refractivity contribution is -0.138. The van der Waals surface area contributed by atoms with E-state index in [1.54, 1.807) is 18.2 Å². The molecule has 29 heavy (non-hydrogen) atoms. The third-order valence-corrected chi connectivity index (χ3v) is 6.49. The lowest BCUT2D eigenvalue weighted by atomic mass is 9.96. The second-order valence-corrected chi connectivity index (χ2v) is 8.01. The van der Waals surface area contributed by atoms with Crippen molar-refractivity contribution in [1.29, 1.82) is 0 Å². The van der Waals surface area contributed by atoms with E-state index in [-0.39, 0.29) is 11.3 Å². The molecule has 1 atom stereocenters. The number of hydrogen-bond donors (Lipinski definition) is 1. The molecule has 0 aromatic heterocycles. The zero-order valence-electron chi connectivity index (χ0n) is 15.0. The van der Waals surface area contributed by atoms with Gasteiger partial charge < -0.3 is 5.32 Å². The van der Waals surface area contributed by atoms with Crippen LogP contribution in [0.3, 0.4) is 0 Å². The van der Waals surface area contributed by atoms with Gasteiger partial charge in [-0.25, -0.2) is 0 Å². The van der Waals surface area contributed by atoms with E-state index in [2.05, 4.69) is 5.32 Å². The van der Waals surface area contributed by atoms with Gasteiger partial charge >= 0.3 is 6.18 Å². The summed E-state index contributed by atoms with van der Waals surface area (Å²) < 4.78 is 41.3. The molecular weight excluding hydrogens is 395 g/mol. The van der Waals surface area contributed by atoms with Gasteiger partial charge in [0.2, 0.25) is 0 Å². The van der Waals surface area contributed by atoms with Gasteiger partial charge in [0.05, 0.1) is 22.2 Å². The zero-order chi connectivity index (χ0) is 20.2.